The van der Waals surface area contributed by atoms with E-state index in [1.54, 1.807) is 0 Å². The molecule has 0 aliphatic heterocycles. The summed E-state index contributed by atoms with van der Waals surface area (Å²) in [6.45, 7) is 2.09. The minimum atomic E-state index is -3.98. The van der Waals surface area contributed by atoms with Crippen LogP contribution in [0.15, 0.2) is 0 Å². The monoisotopic (exact) mass is 223 g/mol. The molecule has 0 heterocycles. The van der Waals surface area contributed by atoms with E-state index in [1.165, 1.54) is 13.8 Å². The Morgan fingerprint density at radius 1 is 1.27 bits per heavy atom. The minimum Gasteiger partial charge on any atom is -0.458 e. The Morgan fingerprint density at radius 2 is 1.60 bits per heavy atom. The third-order valence-electron chi connectivity index (χ3n) is 1.34. The second kappa shape index (κ2) is 5.23. The first kappa shape index (κ1) is 13.3. The van der Waals surface area contributed by atoms with Crippen LogP contribution in [-0.2, 0) is 19.1 Å². The minimum absolute atomic E-state index is 0.280. The van der Waals surface area contributed by atoms with Gasteiger partial charge in [0, 0.05) is 0 Å². The number of rotatable bonds is 5. The molecule has 0 saturated heterocycles. The van der Waals surface area contributed by atoms with E-state index in [2.05, 4.69) is 9.47 Å². The first-order valence-corrected chi connectivity index (χ1v) is 4.09. The Morgan fingerprint density at radius 3 is 1.80 bits per heavy atom. The summed E-state index contributed by atoms with van der Waals surface area (Å²) in [5.74, 6) is -7.74. The van der Waals surface area contributed by atoms with Gasteiger partial charge in [0.2, 0.25) is 0 Å². The van der Waals surface area contributed by atoms with E-state index in [0.29, 0.717) is 0 Å². The van der Waals surface area contributed by atoms with Gasteiger partial charge in [0.15, 0.2) is 0 Å². The number of halogens is 1. The van der Waals surface area contributed by atoms with Crippen LogP contribution in [0.4, 0.5) is 4.39 Å². The van der Waals surface area contributed by atoms with Crippen LogP contribution in [0, 0.1) is 10.1 Å². The average molecular weight is 223 g/mol. The zero-order valence-electron chi connectivity index (χ0n) is 8.19. The van der Waals surface area contributed by atoms with Crippen LogP contribution in [0.25, 0.3) is 0 Å². The summed E-state index contributed by atoms with van der Waals surface area (Å²) >= 11 is 0. The third-order valence-corrected chi connectivity index (χ3v) is 1.34. The fourth-order valence-corrected chi connectivity index (χ4v) is 0.686. The lowest BCUT2D eigenvalue weighted by atomic mass is 10.3. The number of ether oxygens (including phenoxy) is 2. The van der Waals surface area contributed by atoms with Crippen LogP contribution in [0.3, 0.4) is 0 Å². The third kappa shape index (κ3) is 2.61. The SMILES string of the molecule is CCOC(=O)C(F)(C(=O)OCC)[N+](=O)[O-]. The fourth-order valence-electron chi connectivity index (χ4n) is 0.686. The van der Waals surface area contributed by atoms with Crippen LogP contribution < -0.4 is 0 Å². The summed E-state index contributed by atoms with van der Waals surface area (Å²) in [5.41, 5.74) is 0. The number of hydrogen-bond donors (Lipinski definition) is 0. The van der Waals surface area contributed by atoms with Crippen LogP contribution in [0.2, 0.25) is 0 Å². The maximum absolute atomic E-state index is 13.4. The van der Waals surface area contributed by atoms with Crippen LogP contribution in [0.1, 0.15) is 13.8 Å². The van der Waals surface area contributed by atoms with E-state index >= 15 is 0 Å². The first-order chi connectivity index (χ1) is 6.91. The Kier molecular flexibility index (Phi) is 4.62. The van der Waals surface area contributed by atoms with E-state index < -0.39 is 22.7 Å². The van der Waals surface area contributed by atoms with Crippen LogP contribution in [0.5, 0.6) is 0 Å². The fraction of sp³-hybridized carbons (Fsp3) is 0.714. The topological polar surface area (TPSA) is 95.7 Å². The summed E-state index contributed by atoms with van der Waals surface area (Å²) in [5, 5.41) is 10.3. The maximum atomic E-state index is 13.4. The molecule has 7 nitrogen and oxygen atoms in total. The van der Waals surface area contributed by atoms with E-state index in [9.17, 15) is 24.1 Å². The van der Waals surface area contributed by atoms with Gasteiger partial charge in [0.25, 0.3) is 0 Å². The highest BCUT2D eigenvalue weighted by molar-refractivity contribution is 6.01. The number of carbonyl (C=O) groups excluding carboxylic acids is 2. The molecular weight excluding hydrogens is 213 g/mol. The predicted molar refractivity (Wildman–Crippen MR) is 44.1 cm³/mol. The molecule has 86 valence electrons. The molecule has 0 aliphatic rings. The molecule has 0 radical (unpaired) electrons. The number of nitrogens with zero attached hydrogens (tertiary/aromatic N) is 1. The van der Waals surface area contributed by atoms with Gasteiger partial charge in [0.1, 0.15) is 0 Å². The molecule has 0 atom stereocenters. The molecule has 0 aromatic heterocycles. The van der Waals surface area contributed by atoms with Crippen molar-refractivity contribution in [2.24, 2.45) is 0 Å². The van der Waals surface area contributed by atoms with Gasteiger partial charge in [0.05, 0.1) is 18.1 Å². The summed E-state index contributed by atoms with van der Waals surface area (Å²) < 4.78 is 21.6. The highest BCUT2D eigenvalue weighted by atomic mass is 19.1. The van der Waals surface area contributed by atoms with Gasteiger partial charge in [-0.05, 0) is 13.8 Å². The average Bonchev–Trinajstić information content (AvgIpc) is 2.16. The maximum Gasteiger partial charge on any atom is 0.551 e. The molecule has 0 aliphatic carbocycles. The molecular formula is C7H10FNO6. The standard InChI is InChI=1S/C7H10FNO6/c1-3-14-5(10)7(8,9(12)13)6(11)15-4-2/h3-4H2,1-2H3. The summed E-state index contributed by atoms with van der Waals surface area (Å²) in [6.07, 6.45) is 0. The normalized spacial score (nSPS) is 10.6. The molecule has 0 fully saturated rings. The van der Waals surface area contributed by atoms with E-state index in [1.807, 2.05) is 0 Å². The molecule has 0 aromatic carbocycles. The molecule has 0 saturated carbocycles. The number of carbonyl (C=O) groups is 2. The van der Waals surface area contributed by atoms with E-state index in [0.717, 1.165) is 0 Å². The molecule has 0 amide bonds. The molecule has 0 aromatic rings. The lowest BCUT2D eigenvalue weighted by Crippen LogP contribution is -2.51. The van der Waals surface area contributed by atoms with Crippen molar-refractivity contribution in [1.82, 2.24) is 0 Å². The zero-order valence-corrected chi connectivity index (χ0v) is 8.19. The number of esters is 2. The molecule has 0 N–H and O–H groups in total. The van der Waals surface area contributed by atoms with Crippen LogP contribution in [-0.4, -0.2) is 35.9 Å². The Hall–Kier alpha value is -1.73. The van der Waals surface area contributed by atoms with Crippen molar-refractivity contribution in [3.8, 4) is 0 Å². The van der Waals surface area contributed by atoms with Gasteiger partial charge in [-0.3, -0.25) is 10.1 Å². The number of nitro groups is 1. The Bertz CT molecular complexity index is 261. The van der Waals surface area contributed by atoms with Crippen molar-refractivity contribution in [2.45, 2.75) is 19.6 Å². The lowest BCUT2D eigenvalue weighted by molar-refractivity contribution is -0.573. The summed E-state index contributed by atoms with van der Waals surface area (Å²) in [7, 11) is 0. The molecule has 8 heteroatoms. The molecule has 15 heavy (non-hydrogen) atoms. The molecule has 0 spiro atoms. The molecule has 0 bridgehead atoms. The molecule has 0 unspecified atom stereocenters. The second-order valence-electron chi connectivity index (χ2n) is 2.32. The number of hydrogen-bond acceptors (Lipinski definition) is 6. The van der Waals surface area contributed by atoms with Crippen molar-refractivity contribution in [2.75, 3.05) is 13.2 Å². The van der Waals surface area contributed by atoms with Crippen molar-refractivity contribution in [3.63, 3.8) is 0 Å². The first-order valence-electron chi connectivity index (χ1n) is 4.09. The molecule has 0 rings (SSSR count). The van der Waals surface area contributed by atoms with Crippen molar-refractivity contribution in [1.29, 1.82) is 0 Å². The van der Waals surface area contributed by atoms with E-state index in [-0.39, 0.29) is 13.2 Å². The smallest absolute Gasteiger partial charge is 0.458 e. The van der Waals surface area contributed by atoms with E-state index in [4.69, 9.17) is 0 Å². The second-order valence-corrected chi connectivity index (χ2v) is 2.32. The largest absolute Gasteiger partial charge is 0.551 e. The highest BCUT2D eigenvalue weighted by Gasteiger charge is 2.63. The number of alkyl halides is 1. The Balaban J connectivity index is 4.97. The lowest BCUT2D eigenvalue weighted by Gasteiger charge is -2.12. The van der Waals surface area contributed by atoms with Gasteiger partial charge in [-0.1, -0.05) is 0 Å². The summed E-state index contributed by atoms with van der Waals surface area (Å²) in [4.78, 5) is 30.4. The van der Waals surface area contributed by atoms with Gasteiger partial charge in [-0.15, -0.1) is 4.39 Å². The Labute approximate surface area is 84.3 Å². The quantitative estimate of drug-likeness (QED) is 0.215. The highest BCUT2D eigenvalue weighted by Crippen LogP contribution is 2.16. The van der Waals surface area contributed by atoms with Gasteiger partial charge >= 0.3 is 17.7 Å². The van der Waals surface area contributed by atoms with Gasteiger partial charge < -0.3 is 9.47 Å². The van der Waals surface area contributed by atoms with Gasteiger partial charge in [-0.25, -0.2) is 9.59 Å². The predicted octanol–water partition coefficient (Wildman–Crippen LogP) is 0.0551. The van der Waals surface area contributed by atoms with Crippen molar-refractivity contribution < 1.29 is 28.4 Å². The van der Waals surface area contributed by atoms with Crippen molar-refractivity contribution >= 4 is 11.9 Å². The van der Waals surface area contributed by atoms with Crippen LogP contribution >= 0.6 is 0 Å². The van der Waals surface area contributed by atoms with Crippen molar-refractivity contribution in [3.05, 3.63) is 10.1 Å². The zero-order chi connectivity index (χ0) is 12.1. The summed E-state index contributed by atoms with van der Waals surface area (Å²) in [6, 6.07) is 0. The van der Waals surface area contributed by atoms with Gasteiger partial charge in [-0.2, -0.15) is 0 Å².